The molecule has 0 aromatic heterocycles. The molecule has 0 aliphatic carbocycles. The van der Waals surface area contributed by atoms with Crippen LogP contribution in [0.4, 0.5) is 10.1 Å². The number of nitrogen functional groups attached to an aromatic ring is 1. The minimum Gasteiger partial charge on any atom is -0.399 e. The van der Waals surface area contributed by atoms with Crippen molar-refractivity contribution in [3.63, 3.8) is 0 Å². The first-order chi connectivity index (χ1) is 9.40. The monoisotopic (exact) mass is 382 g/mol. The molecule has 1 aliphatic heterocycles. The van der Waals surface area contributed by atoms with Crippen LogP contribution in [0, 0.1) is 11.7 Å². The van der Waals surface area contributed by atoms with Crippen molar-refractivity contribution in [2.45, 2.75) is 17.7 Å². The highest BCUT2D eigenvalue weighted by Crippen LogP contribution is 2.27. The molecule has 4 nitrogen and oxygen atoms in total. The van der Waals surface area contributed by atoms with Crippen LogP contribution in [0.15, 0.2) is 21.5 Å². The highest BCUT2D eigenvalue weighted by molar-refractivity contribution is 9.10. The largest absolute Gasteiger partial charge is 0.399 e. The van der Waals surface area contributed by atoms with Gasteiger partial charge in [0, 0.05) is 12.2 Å². The second-order valence-corrected chi connectivity index (χ2v) is 8.54. The van der Waals surface area contributed by atoms with Gasteiger partial charge in [0.2, 0.25) is 10.0 Å². The van der Waals surface area contributed by atoms with Crippen molar-refractivity contribution in [2.24, 2.45) is 5.92 Å². The molecule has 20 heavy (non-hydrogen) atoms. The van der Waals surface area contributed by atoms with Crippen molar-refractivity contribution in [2.75, 3.05) is 23.8 Å². The lowest BCUT2D eigenvalue weighted by Crippen LogP contribution is -2.31. The van der Waals surface area contributed by atoms with E-state index >= 15 is 0 Å². The highest BCUT2D eigenvalue weighted by Gasteiger charge is 2.23. The van der Waals surface area contributed by atoms with E-state index in [1.54, 1.807) is 0 Å². The van der Waals surface area contributed by atoms with Gasteiger partial charge in [-0.3, -0.25) is 0 Å². The van der Waals surface area contributed by atoms with Crippen LogP contribution in [-0.4, -0.2) is 26.5 Å². The van der Waals surface area contributed by atoms with Crippen molar-refractivity contribution in [1.29, 1.82) is 0 Å². The van der Waals surface area contributed by atoms with Gasteiger partial charge in [-0.25, -0.2) is 17.5 Å². The minimum absolute atomic E-state index is 0.0481. The zero-order valence-corrected chi connectivity index (χ0v) is 14.0. The van der Waals surface area contributed by atoms with Gasteiger partial charge in [0.25, 0.3) is 0 Å². The van der Waals surface area contributed by atoms with Gasteiger partial charge in [0.15, 0.2) is 5.82 Å². The summed E-state index contributed by atoms with van der Waals surface area (Å²) < 4.78 is 40.8. The van der Waals surface area contributed by atoms with Gasteiger partial charge in [0.1, 0.15) is 4.90 Å². The topological polar surface area (TPSA) is 72.2 Å². The molecular weight excluding hydrogens is 367 g/mol. The number of nitrogens with two attached hydrogens (primary N) is 1. The van der Waals surface area contributed by atoms with Gasteiger partial charge in [-0.15, -0.1) is 0 Å². The van der Waals surface area contributed by atoms with Crippen molar-refractivity contribution in [1.82, 2.24) is 4.72 Å². The first-order valence-electron chi connectivity index (χ1n) is 6.22. The molecule has 0 saturated carbocycles. The molecule has 1 aromatic carbocycles. The van der Waals surface area contributed by atoms with Gasteiger partial charge in [-0.1, -0.05) is 0 Å². The number of benzene rings is 1. The Morgan fingerprint density at radius 2 is 2.05 bits per heavy atom. The van der Waals surface area contributed by atoms with Crippen molar-refractivity contribution >= 4 is 43.4 Å². The third-order valence-corrected chi connectivity index (χ3v) is 6.26. The van der Waals surface area contributed by atoms with Crippen molar-refractivity contribution < 1.29 is 12.8 Å². The highest BCUT2D eigenvalue weighted by atomic mass is 79.9. The van der Waals surface area contributed by atoms with E-state index in [1.165, 1.54) is 6.07 Å². The van der Waals surface area contributed by atoms with E-state index in [2.05, 4.69) is 20.7 Å². The summed E-state index contributed by atoms with van der Waals surface area (Å²) in [5.74, 6) is 1.60. The molecule has 0 spiro atoms. The van der Waals surface area contributed by atoms with E-state index in [-0.39, 0.29) is 10.2 Å². The summed E-state index contributed by atoms with van der Waals surface area (Å²) in [7, 11) is -3.88. The fourth-order valence-electron chi connectivity index (χ4n) is 2.04. The average Bonchev–Trinajstić information content (AvgIpc) is 2.42. The molecular formula is C12H16BrFN2O2S2. The Kier molecular flexibility index (Phi) is 5.33. The fourth-order valence-corrected chi connectivity index (χ4v) is 5.10. The summed E-state index contributed by atoms with van der Waals surface area (Å²) in [6, 6.07) is 2.48. The number of halogens is 2. The van der Waals surface area contributed by atoms with Crippen LogP contribution in [0.5, 0.6) is 0 Å². The maximum absolute atomic E-state index is 13.9. The third kappa shape index (κ3) is 3.87. The summed E-state index contributed by atoms with van der Waals surface area (Å²) >= 11 is 4.84. The SMILES string of the molecule is Nc1cc(Br)c(F)c(S(=O)(=O)NCC2CCSCC2)c1. The van der Waals surface area contributed by atoms with E-state index in [9.17, 15) is 12.8 Å². The first-order valence-corrected chi connectivity index (χ1v) is 9.65. The van der Waals surface area contributed by atoms with E-state index in [4.69, 9.17) is 5.73 Å². The van der Waals surface area contributed by atoms with Crippen LogP contribution >= 0.6 is 27.7 Å². The Hall–Kier alpha value is -0.310. The molecule has 112 valence electrons. The third-order valence-electron chi connectivity index (χ3n) is 3.21. The quantitative estimate of drug-likeness (QED) is 0.784. The Balaban J connectivity index is 2.14. The number of sulfonamides is 1. The van der Waals surface area contributed by atoms with E-state index in [0.29, 0.717) is 12.5 Å². The second-order valence-electron chi connectivity index (χ2n) is 4.72. The summed E-state index contributed by atoms with van der Waals surface area (Å²) in [6.07, 6.45) is 1.96. The van der Waals surface area contributed by atoms with Crippen LogP contribution in [0.25, 0.3) is 0 Å². The molecule has 2 rings (SSSR count). The molecule has 1 fully saturated rings. The van der Waals surface area contributed by atoms with Gasteiger partial charge < -0.3 is 5.73 Å². The van der Waals surface area contributed by atoms with Crippen LogP contribution < -0.4 is 10.5 Å². The predicted molar refractivity (Wildman–Crippen MR) is 83.7 cm³/mol. The van der Waals surface area contributed by atoms with Gasteiger partial charge >= 0.3 is 0 Å². The molecule has 3 N–H and O–H groups in total. The maximum atomic E-state index is 13.9. The number of hydrogen-bond acceptors (Lipinski definition) is 4. The molecule has 1 heterocycles. The van der Waals surface area contributed by atoms with E-state index in [1.807, 2.05) is 11.8 Å². The zero-order chi connectivity index (χ0) is 14.8. The minimum atomic E-state index is -3.88. The van der Waals surface area contributed by atoms with E-state index < -0.39 is 20.7 Å². The second kappa shape index (κ2) is 6.64. The van der Waals surface area contributed by atoms with Crippen LogP contribution in [-0.2, 0) is 10.0 Å². The van der Waals surface area contributed by atoms with Crippen LogP contribution in [0.2, 0.25) is 0 Å². The Morgan fingerprint density at radius 1 is 1.40 bits per heavy atom. The molecule has 1 saturated heterocycles. The van der Waals surface area contributed by atoms with Crippen LogP contribution in [0.3, 0.4) is 0 Å². The summed E-state index contributed by atoms with van der Waals surface area (Å²) in [5, 5.41) is 0. The molecule has 1 aromatic rings. The lowest BCUT2D eigenvalue weighted by molar-refractivity contribution is 0.474. The normalized spacial score (nSPS) is 17.3. The predicted octanol–water partition coefficient (Wildman–Crippen LogP) is 2.59. The number of thioether (sulfide) groups is 1. The molecule has 0 bridgehead atoms. The average molecular weight is 383 g/mol. The van der Waals surface area contributed by atoms with Crippen molar-refractivity contribution in [3.05, 3.63) is 22.4 Å². The zero-order valence-electron chi connectivity index (χ0n) is 10.7. The van der Waals surface area contributed by atoms with E-state index in [0.717, 1.165) is 30.4 Å². The molecule has 1 aliphatic rings. The molecule has 8 heteroatoms. The summed E-state index contributed by atoms with van der Waals surface area (Å²) in [5.41, 5.74) is 5.77. The number of nitrogens with one attached hydrogen (secondary N) is 1. The van der Waals surface area contributed by atoms with Gasteiger partial charge in [-0.05, 0) is 58.3 Å². The Morgan fingerprint density at radius 3 is 2.70 bits per heavy atom. The fraction of sp³-hybridized carbons (Fsp3) is 0.500. The number of hydrogen-bond donors (Lipinski definition) is 2. The Bertz CT molecular complexity index is 589. The summed E-state index contributed by atoms with van der Waals surface area (Å²) in [4.78, 5) is -0.408. The van der Waals surface area contributed by atoms with Gasteiger partial charge in [-0.2, -0.15) is 11.8 Å². The molecule has 0 radical (unpaired) electrons. The number of rotatable bonds is 4. The lowest BCUT2D eigenvalue weighted by atomic mass is 10.0. The number of anilines is 1. The first kappa shape index (κ1) is 16.1. The lowest BCUT2D eigenvalue weighted by Gasteiger charge is -2.21. The van der Waals surface area contributed by atoms with Crippen LogP contribution in [0.1, 0.15) is 12.8 Å². The smallest absolute Gasteiger partial charge is 0.243 e. The molecule has 0 amide bonds. The summed E-state index contributed by atoms with van der Waals surface area (Å²) in [6.45, 7) is 0.342. The molecule has 0 unspecified atom stereocenters. The molecule has 0 atom stereocenters. The Labute approximate surface area is 130 Å². The van der Waals surface area contributed by atoms with Crippen molar-refractivity contribution in [3.8, 4) is 0 Å². The maximum Gasteiger partial charge on any atom is 0.243 e. The standard InChI is InChI=1S/C12H16BrFN2O2S2/c13-10-5-9(15)6-11(12(10)14)20(17,18)16-7-8-1-3-19-4-2-8/h5-6,8,16H,1-4,7,15H2. The van der Waals surface area contributed by atoms with Gasteiger partial charge in [0.05, 0.1) is 4.47 Å².